The summed E-state index contributed by atoms with van der Waals surface area (Å²) in [6.45, 7) is 2.03. The fourth-order valence-electron chi connectivity index (χ4n) is 2.43. The van der Waals surface area contributed by atoms with Gasteiger partial charge in [0.1, 0.15) is 17.7 Å². The minimum Gasteiger partial charge on any atom is -0.387 e. The van der Waals surface area contributed by atoms with E-state index in [0.29, 0.717) is 20.7 Å². The van der Waals surface area contributed by atoms with Gasteiger partial charge in [0.2, 0.25) is 0 Å². The molecule has 1 saturated heterocycles. The molecular formula is C12H16IN5O3S. The molecule has 0 radical (unpaired) electrons. The van der Waals surface area contributed by atoms with Gasteiger partial charge >= 0.3 is 0 Å². The molecule has 0 aromatic carbocycles. The van der Waals surface area contributed by atoms with Crippen LogP contribution in [0.15, 0.2) is 6.33 Å². The quantitative estimate of drug-likeness (QED) is 0.464. The number of nitrogens with zero attached hydrogens (tertiary/aromatic N) is 4. The van der Waals surface area contributed by atoms with Crippen molar-refractivity contribution in [2.24, 2.45) is 0 Å². The summed E-state index contributed by atoms with van der Waals surface area (Å²) in [5, 5.41) is 20.4. The van der Waals surface area contributed by atoms with E-state index in [0.717, 1.165) is 5.75 Å². The third-order valence-electron chi connectivity index (χ3n) is 3.52. The van der Waals surface area contributed by atoms with Crippen molar-refractivity contribution in [3.8, 4) is 0 Å². The Morgan fingerprint density at radius 1 is 1.41 bits per heavy atom. The molecule has 3 heterocycles. The molecular weight excluding hydrogens is 421 g/mol. The highest BCUT2D eigenvalue weighted by Gasteiger charge is 2.44. The van der Waals surface area contributed by atoms with Crippen LogP contribution in [0.2, 0.25) is 0 Å². The number of nitrogen functional groups attached to an aromatic ring is 1. The number of hydrogen-bond donors (Lipinski definition) is 3. The van der Waals surface area contributed by atoms with E-state index in [4.69, 9.17) is 10.5 Å². The van der Waals surface area contributed by atoms with Gasteiger partial charge in [-0.15, -0.1) is 0 Å². The van der Waals surface area contributed by atoms with Crippen molar-refractivity contribution >= 4 is 51.3 Å². The zero-order chi connectivity index (χ0) is 15.9. The van der Waals surface area contributed by atoms with E-state index >= 15 is 0 Å². The highest BCUT2D eigenvalue weighted by molar-refractivity contribution is 14.1. The average molecular weight is 437 g/mol. The number of ether oxygens (including phenoxy) is 1. The molecule has 1 unspecified atom stereocenters. The Balaban J connectivity index is 1.94. The third kappa shape index (κ3) is 2.77. The van der Waals surface area contributed by atoms with Crippen molar-refractivity contribution in [3.63, 3.8) is 0 Å². The second-order valence-corrected chi connectivity index (χ2v) is 7.19. The molecule has 8 nitrogen and oxygen atoms in total. The van der Waals surface area contributed by atoms with Crippen molar-refractivity contribution in [2.45, 2.75) is 31.5 Å². The number of aromatic nitrogens is 4. The maximum atomic E-state index is 10.3. The highest BCUT2D eigenvalue weighted by atomic mass is 127. The lowest BCUT2D eigenvalue weighted by Gasteiger charge is -2.16. The maximum absolute atomic E-state index is 10.3. The molecule has 0 aliphatic carbocycles. The molecule has 120 valence electrons. The average Bonchev–Trinajstić information content (AvgIpc) is 3.00. The molecule has 2 aromatic heterocycles. The first-order valence-electron chi connectivity index (χ1n) is 6.77. The fraction of sp³-hybridized carbons (Fsp3) is 0.583. The standard InChI is InChI=1S/C12H16IN5O3S/c1-2-22-3-5-7(19)8(20)11(21-5)18-4-15-6-9(14)16-12(13)17-10(6)18/h4-5,7-8,11,19-20H,2-3H2,1H3,(H2,14,16,17)/t5-,7+,8?,11-/m1/s1. The summed E-state index contributed by atoms with van der Waals surface area (Å²) in [5.74, 6) is 1.81. The Hall–Kier alpha value is -0.690. The van der Waals surface area contributed by atoms with Gasteiger partial charge in [-0.25, -0.2) is 15.0 Å². The van der Waals surface area contributed by atoms with Crippen molar-refractivity contribution in [3.05, 3.63) is 10.2 Å². The zero-order valence-corrected chi connectivity index (χ0v) is 14.7. The first kappa shape index (κ1) is 16.2. The molecule has 10 heteroatoms. The first-order chi connectivity index (χ1) is 10.5. The third-order valence-corrected chi connectivity index (χ3v) is 4.97. The van der Waals surface area contributed by atoms with Gasteiger partial charge in [0, 0.05) is 28.3 Å². The van der Waals surface area contributed by atoms with Gasteiger partial charge in [-0.05, 0) is 5.75 Å². The van der Waals surface area contributed by atoms with Crippen LogP contribution in [0, 0.1) is 3.83 Å². The summed E-state index contributed by atoms with van der Waals surface area (Å²) in [6, 6.07) is 0. The van der Waals surface area contributed by atoms with Crippen LogP contribution in [0.3, 0.4) is 0 Å². The number of imidazole rings is 1. The van der Waals surface area contributed by atoms with E-state index in [2.05, 4.69) is 15.0 Å². The molecule has 0 saturated carbocycles. The summed E-state index contributed by atoms with van der Waals surface area (Å²) in [5.41, 5.74) is 6.78. The van der Waals surface area contributed by atoms with Crippen molar-refractivity contribution in [2.75, 3.05) is 17.2 Å². The molecule has 0 spiro atoms. The van der Waals surface area contributed by atoms with Crippen LogP contribution in [0.5, 0.6) is 0 Å². The minimum atomic E-state index is -1.05. The van der Waals surface area contributed by atoms with Crippen molar-refractivity contribution in [1.82, 2.24) is 19.5 Å². The summed E-state index contributed by atoms with van der Waals surface area (Å²) >= 11 is 3.61. The molecule has 1 aliphatic heterocycles. The maximum Gasteiger partial charge on any atom is 0.194 e. The number of aliphatic hydroxyl groups is 2. The Morgan fingerprint density at radius 3 is 2.91 bits per heavy atom. The number of anilines is 1. The monoisotopic (exact) mass is 437 g/mol. The fourth-order valence-corrected chi connectivity index (χ4v) is 3.66. The predicted molar refractivity (Wildman–Crippen MR) is 91.4 cm³/mol. The van der Waals surface area contributed by atoms with Crippen molar-refractivity contribution < 1.29 is 14.9 Å². The van der Waals surface area contributed by atoms with Crippen molar-refractivity contribution in [1.29, 1.82) is 0 Å². The van der Waals surface area contributed by atoms with E-state index in [1.807, 2.05) is 29.5 Å². The molecule has 0 amide bonds. The van der Waals surface area contributed by atoms with Gasteiger partial charge in [-0.3, -0.25) is 4.57 Å². The topological polar surface area (TPSA) is 119 Å². The summed E-state index contributed by atoms with van der Waals surface area (Å²) in [4.78, 5) is 12.5. The molecule has 3 rings (SSSR count). The van der Waals surface area contributed by atoms with Crippen LogP contribution in [0.25, 0.3) is 11.2 Å². The van der Waals surface area contributed by atoms with E-state index in [1.165, 1.54) is 6.33 Å². The smallest absolute Gasteiger partial charge is 0.194 e. The number of aliphatic hydroxyl groups excluding tert-OH is 2. The van der Waals surface area contributed by atoms with Crippen LogP contribution in [0.1, 0.15) is 13.2 Å². The van der Waals surface area contributed by atoms with Crippen LogP contribution >= 0.6 is 34.4 Å². The van der Waals surface area contributed by atoms with E-state index in [1.54, 1.807) is 16.3 Å². The highest BCUT2D eigenvalue weighted by Crippen LogP contribution is 2.33. The minimum absolute atomic E-state index is 0.277. The largest absolute Gasteiger partial charge is 0.387 e. The van der Waals surface area contributed by atoms with Gasteiger partial charge in [0.05, 0.1) is 12.4 Å². The lowest BCUT2D eigenvalue weighted by Crippen LogP contribution is -2.32. The Bertz CT molecular complexity index is 684. The van der Waals surface area contributed by atoms with Gasteiger partial charge in [0.25, 0.3) is 0 Å². The molecule has 1 aliphatic rings. The first-order valence-corrected chi connectivity index (χ1v) is 9.01. The number of halogens is 1. The van der Waals surface area contributed by atoms with E-state index < -0.39 is 24.5 Å². The molecule has 22 heavy (non-hydrogen) atoms. The predicted octanol–water partition coefficient (Wildman–Crippen LogP) is 0.385. The number of thioether (sulfide) groups is 1. The normalized spacial score (nSPS) is 28.5. The number of nitrogens with two attached hydrogens (primary N) is 1. The second-order valence-electron chi connectivity index (χ2n) is 4.91. The van der Waals surface area contributed by atoms with E-state index in [9.17, 15) is 10.2 Å². The molecule has 4 N–H and O–H groups in total. The molecule has 2 aromatic rings. The van der Waals surface area contributed by atoms with Crippen LogP contribution in [0.4, 0.5) is 5.82 Å². The number of fused-ring (bicyclic) bond motifs is 1. The molecule has 0 bridgehead atoms. The SMILES string of the molecule is CCSC[C@H]1O[C@@H](n2cnc3c(N)nc(I)nc32)C(O)[C@H]1O. The Labute approximate surface area is 144 Å². The second kappa shape index (κ2) is 6.43. The van der Waals surface area contributed by atoms with E-state index in [-0.39, 0.29) is 5.82 Å². The zero-order valence-electron chi connectivity index (χ0n) is 11.8. The van der Waals surface area contributed by atoms with Gasteiger partial charge in [0.15, 0.2) is 21.5 Å². The van der Waals surface area contributed by atoms with Gasteiger partial charge in [-0.2, -0.15) is 11.8 Å². The lowest BCUT2D eigenvalue weighted by atomic mass is 10.1. The summed E-state index contributed by atoms with van der Waals surface area (Å²) in [7, 11) is 0. The lowest BCUT2D eigenvalue weighted by molar-refractivity contribution is -0.0289. The molecule has 4 atom stereocenters. The van der Waals surface area contributed by atoms with Crippen LogP contribution in [-0.4, -0.2) is 59.5 Å². The summed E-state index contributed by atoms with van der Waals surface area (Å²) in [6.07, 6.45) is -1.66. The van der Waals surface area contributed by atoms with Gasteiger partial charge < -0.3 is 20.7 Å². The number of rotatable bonds is 4. The number of hydrogen-bond acceptors (Lipinski definition) is 8. The van der Waals surface area contributed by atoms with Gasteiger partial charge in [-0.1, -0.05) is 6.92 Å². The Morgan fingerprint density at radius 2 is 2.18 bits per heavy atom. The molecule has 1 fully saturated rings. The summed E-state index contributed by atoms with van der Waals surface area (Å²) < 4.78 is 7.90. The Kier molecular flexibility index (Phi) is 4.73. The van der Waals surface area contributed by atoms with Crippen LogP contribution in [-0.2, 0) is 4.74 Å². The van der Waals surface area contributed by atoms with Crippen LogP contribution < -0.4 is 5.73 Å².